The average molecular weight is 501 g/mol. The van der Waals surface area contributed by atoms with Gasteiger partial charge in [0.25, 0.3) is 0 Å². The van der Waals surface area contributed by atoms with Crippen LogP contribution < -0.4 is 10.6 Å². The maximum Gasteiger partial charge on any atom is 0.407 e. The number of hydrogen-bond donors (Lipinski definition) is 3. The van der Waals surface area contributed by atoms with Gasteiger partial charge in [0.05, 0.1) is 24.5 Å². The number of aliphatic hydroxyl groups excluding tert-OH is 1. The molecule has 1 aromatic carbocycles. The molecule has 3 N–H and O–H groups in total. The van der Waals surface area contributed by atoms with E-state index in [-0.39, 0.29) is 35.8 Å². The number of carbonyl (C=O) groups excluding carboxylic acids is 2. The van der Waals surface area contributed by atoms with Crippen LogP contribution >= 0.6 is 0 Å². The number of ether oxygens (including phenoxy) is 1. The molecule has 2 aliphatic rings. The van der Waals surface area contributed by atoms with Gasteiger partial charge in [-0.1, -0.05) is 77.1 Å². The Labute approximate surface area is 218 Å². The number of benzene rings is 1. The van der Waals surface area contributed by atoms with E-state index < -0.39 is 6.10 Å². The Morgan fingerprint density at radius 2 is 1.89 bits per heavy atom. The van der Waals surface area contributed by atoms with Crippen molar-refractivity contribution in [1.29, 1.82) is 0 Å². The molecule has 5 atom stereocenters. The number of Topliss-reactive ketones (excluding diaryl/α,β-unsaturated/α-hetero) is 1. The number of unbranched alkanes of at least 4 members (excludes halogenated alkanes) is 1. The summed E-state index contributed by atoms with van der Waals surface area (Å²) in [4.78, 5) is 25.3. The lowest BCUT2D eigenvalue weighted by Crippen LogP contribution is -2.49. The van der Waals surface area contributed by atoms with Crippen LogP contribution in [-0.2, 0) is 9.53 Å². The monoisotopic (exact) mass is 500 g/mol. The molecule has 0 heterocycles. The minimum atomic E-state index is -0.744. The van der Waals surface area contributed by atoms with E-state index in [1.807, 2.05) is 31.2 Å². The van der Waals surface area contributed by atoms with Crippen molar-refractivity contribution in [2.75, 3.05) is 13.2 Å². The molecular formula is C30H48N2O4. The Balaban J connectivity index is 1.57. The lowest BCUT2D eigenvalue weighted by Gasteiger charge is -2.28. The van der Waals surface area contributed by atoms with Crippen LogP contribution in [0, 0.1) is 24.7 Å². The zero-order valence-corrected chi connectivity index (χ0v) is 22.8. The minimum absolute atomic E-state index is 0.0951. The topological polar surface area (TPSA) is 87.7 Å². The molecule has 0 radical (unpaired) electrons. The first kappa shape index (κ1) is 28.6. The van der Waals surface area contributed by atoms with Gasteiger partial charge in [0, 0.05) is 18.6 Å². The molecule has 1 aromatic rings. The molecule has 3 unspecified atom stereocenters. The van der Waals surface area contributed by atoms with Gasteiger partial charge in [0.2, 0.25) is 0 Å². The summed E-state index contributed by atoms with van der Waals surface area (Å²) in [7, 11) is 0. The number of carbonyl (C=O) groups is 2. The number of hydrogen-bond acceptors (Lipinski definition) is 5. The Bertz CT molecular complexity index is 836. The molecule has 0 aliphatic heterocycles. The molecule has 3 rings (SSSR count). The first-order valence-corrected chi connectivity index (χ1v) is 14.3. The highest BCUT2D eigenvalue weighted by Crippen LogP contribution is 2.47. The van der Waals surface area contributed by atoms with Crippen molar-refractivity contribution in [3.63, 3.8) is 0 Å². The summed E-state index contributed by atoms with van der Waals surface area (Å²) in [6, 6.07) is 7.67. The molecule has 2 fully saturated rings. The lowest BCUT2D eigenvalue weighted by molar-refractivity contribution is -0.112. The van der Waals surface area contributed by atoms with E-state index in [1.165, 1.54) is 19.3 Å². The van der Waals surface area contributed by atoms with E-state index in [1.54, 1.807) is 0 Å². The second-order valence-corrected chi connectivity index (χ2v) is 11.5. The highest BCUT2D eigenvalue weighted by molar-refractivity contribution is 6.05. The summed E-state index contributed by atoms with van der Waals surface area (Å²) in [6.45, 7) is 9.47. The van der Waals surface area contributed by atoms with Gasteiger partial charge in [0.1, 0.15) is 5.78 Å². The Morgan fingerprint density at radius 1 is 1.17 bits per heavy atom. The molecular weight excluding hydrogens is 452 g/mol. The van der Waals surface area contributed by atoms with Gasteiger partial charge < -0.3 is 20.5 Å². The number of amides is 1. The molecule has 202 valence electrons. The van der Waals surface area contributed by atoms with Crippen molar-refractivity contribution in [3.8, 4) is 0 Å². The van der Waals surface area contributed by atoms with Crippen molar-refractivity contribution in [3.05, 3.63) is 35.4 Å². The largest absolute Gasteiger partial charge is 0.449 e. The fraction of sp³-hybridized carbons (Fsp3) is 0.733. The quantitative estimate of drug-likeness (QED) is 0.314. The van der Waals surface area contributed by atoms with Gasteiger partial charge in [0.15, 0.2) is 0 Å². The maximum atomic E-state index is 12.8. The zero-order valence-electron chi connectivity index (χ0n) is 22.8. The van der Waals surface area contributed by atoms with Crippen molar-refractivity contribution < 1.29 is 19.4 Å². The second kappa shape index (κ2) is 14.1. The van der Waals surface area contributed by atoms with Crippen molar-refractivity contribution in [2.24, 2.45) is 17.8 Å². The van der Waals surface area contributed by atoms with E-state index >= 15 is 0 Å². The van der Waals surface area contributed by atoms with Crippen LogP contribution in [0.25, 0.3) is 0 Å². The van der Waals surface area contributed by atoms with Crippen molar-refractivity contribution in [1.82, 2.24) is 10.6 Å². The molecule has 2 aliphatic carbocycles. The van der Waals surface area contributed by atoms with E-state index in [2.05, 4.69) is 31.4 Å². The van der Waals surface area contributed by atoms with E-state index in [0.717, 1.165) is 49.7 Å². The molecule has 2 saturated carbocycles. The van der Waals surface area contributed by atoms with E-state index in [0.29, 0.717) is 25.0 Å². The molecule has 6 nitrogen and oxygen atoms in total. The predicted molar refractivity (Wildman–Crippen MR) is 144 cm³/mol. The molecule has 0 bridgehead atoms. The second-order valence-electron chi connectivity index (χ2n) is 11.5. The Morgan fingerprint density at radius 3 is 2.56 bits per heavy atom. The van der Waals surface area contributed by atoms with Crippen LogP contribution in [0.3, 0.4) is 0 Å². The lowest BCUT2D eigenvalue weighted by atomic mass is 9.90. The number of aliphatic hydroxyl groups is 1. The summed E-state index contributed by atoms with van der Waals surface area (Å²) in [6.07, 6.45) is 8.53. The van der Waals surface area contributed by atoms with Crippen LogP contribution in [0.2, 0.25) is 0 Å². The number of aryl methyl sites for hydroxylation is 1. The van der Waals surface area contributed by atoms with Crippen LogP contribution in [0.5, 0.6) is 0 Å². The van der Waals surface area contributed by atoms with Crippen LogP contribution in [0.1, 0.15) is 95.6 Å². The number of rotatable bonds is 14. The molecule has 0 saturated heterocycles. The van der Waals surface area contributed by atoms with Gasteiger partial charge >= 0.3 is 6.09 Å². The van der Waals surface area contributed by atoms with Gasteiger partial charge in [-0.3, -0.25) is 4.79 Å². The molecule has 36 heavy (non-hydrogen) atoms. The number of alkyl carbamates (subject to hydrolysis) is 1. The Kier molecular flexibility index (Phi) is 11.2. The highest BCUT2D eigenvalue weighted by Gasteiger charge is 2.56. The van der Waals surface area contributed by atoms with Crippen LogP contribution in [0.4, 0.5) is 4.79 Å². The van der Waals surface area contributed by atoms with Crippen LogP contribution in [0.15, 0.2) is 24.3 Å². The van der Waals surface area contributed by atoms with Gasteiger partial charge in [-0.2, -0.15) is 0 Å². The number of ketones is 1. The average Bonchev–Trinajstić information content (AvgIpc) is 3.53. The SMILES string of the molecule is CCCC[C@H](NC[C@@H](CC(C)C)NC(=O)OCC1CCCCC1)C(O)C1C(=O)C1c1ccccc1C. The summed E-state index contributed by atoms with van der Waals surface area (Å²) in [5, 5.41) is 17.9. The fourth-order valence-corrected chi connectivity index (χ4v) is 5.79. The van der Waals surface area contributed by atoms with E-state index in [4.69, 9.17) is 4.74 Å². The normalized spacial score (nSPS) is 22.8. The molecule has 1 amide bonds. The minimum Gasteiger partial charge on any atom is -0.449 e. The summed E-state index contributed by atoms with van der Waals surface area (Å²) in [5.74, 6) is 0.439. The van der Waals surface area contributed by atoms with E-state index in [9.17, 15) is 14.7 Å². The van der Waals surface area contributed by atoms with Crippen molar-refractivity contribution >= 4 is 11.9 Å². The summed E-state index contributed by atoms with van der Waals surface area (Å²) in [5.41, 5.74) is 2.12. The third-order valence-electron chi connectivity index (χ3n) is 7.94. The molecule has 0 spiro atoms. The maximum absolute atomic E-state index is 12.8. The summed E-state index contributed by atoms with van der Waals surface area (Å²) >= 11 is 0. The first-order chi connectivity index (χ1) is 17.3. The Hall–Kier alpha value is -1.92. The summed E-state index contributed by atoms with van der Waals surface area (Å²) < 4.78 is 5.58. The molecule has 0 aromatic heterocycles. The fourth-order valence-electron chi connectivity index (χ4n) is 5.79. The van der Waals surface area contributed by atoms with Crippen LogP contribution in [-0.4, -0.2) is 48.3 Å². The third kappa shape index (κ3) is 8.31. The number of nitrogens with one attached hydrogen (secondary N) is 2. The standard InChI is InChI=1S/C30H48N2O4/c1-5-6-16-25(28(33)27-26(29(27)34)24-15-11-10-12-21(24)4)31-18-23(17-20(2)3)32-30(35)36-19-22-13-8-7-9-14-22/h10-12,15,20,22-23,25-28,31,33H,5-9,13-14,16-19H2,1-4H3,(H,32,35)/t23-,25+,26?,27?,28?/m1/s1. The highest BCUT2D eigenvalue weighted by atomic mass is 16.5. The third-order valence-corrected chi connectivity index (χ3v) is 7.94. The van der Waals surface area contributed by atoms with Gasteiger partial charge in [-0.25, -0.2) is 4.79 Å². The molecule has 6 heteroatoms. The first-order valence-electron chi connectivity index (χ1n) is 14.3. The van der Waals surface area contributed by atoms with Crippen molar-refractivity contribution in [2.45, 2.75) is 110 Å². The van der Waals surface area contributed by atoms with Gasteiger partial charge in [-0.05, 0) is 55.6 Å². The zero-order chi connectivity index (χ0) is 26.1. The smallest absolute Gasteiger partial charge is 0.407 e. The predicted octanol–water partition coefficient (Wildman–Crippen LogP) is 5.51. The van der Waals surface area contributed by atoms with Gasteiger partial charge in [-0.15, -0.1) is 0 Å².